The minimum absolute atomic E-state index is 0.0931. The molecule has 1 heterocycles. The summed E-state index contributed by atoms with van der Waals surface area (Å²) in [6, 6.07) is 13.5. The Balaban J connectivity index is 1.97. The summed E-state index contributed by atoms with van der Waals surface area (Å²) in [6.07, 6.45) is -3.79. The van der Waals surface area contributed by atoms with Crippen molar-refractivity contribution in [3.63, 3.8) is 0 Å². The molecule has 8 heteroatoms. The fraction of sp³-hybridized carbons (Fsp3) is 0.238. The van der Waals surface area contributed by atoms with E-state index in [1.165, 1.54) is 31.2 Å². The van der Waals surface area contributed by atoms with Crippen molar-refractivity contribution in [3.05, 3.63) is 77.1 Å². The third-order valence-corrected chi connectivity index (χ3v) is 4.49. The van der Waals surface area contributed by atoms with Crippen molar-refractivity contribution in [2.75, 3.05) is 14.2 Å². The van der Waals surface area contributed by atoms with Crippen molar-refractivity contribution in [2.24, 2.45) is 0 Å². The molecule has 0 aliphatic rings. The average molecular weight is 403 g/mol. The second kappa shape index (κ2) is 7.98. The molecule has 0 aliphatic carbocycles. The third kappa shape index (κ3) is 4.26. The Hall–Kier alpha value is -3.29. The van der Waals surface area contributed by atoms with Crippen LogP contribution < -0.4 is 4.74 Å². The number of rotatable bonds is 5. The fourth-order valence-corrected chi connectivity index (χ4v) is 3.03. The summed E-state index contributed by atoms with van der Waals surface area (Å²) < 4.78 is 47.5. The first-order chi connectivity index (χ1) is 13.7. The maximum atomic E-state index is 13.8. The monoisotopic (exact) mass is 403 g/mol. The number of alkyl halides is 3. The van der Waals surface area contributed by atoms with Gasteiger partial charge in [-0.3, -0.25) is 4.79 Å². The molecule has 0 radical (unpaired) electrons. The molecule has 2 aromatic carbocycles. The molecular weight excluding hydrogens is 383 g/mol. The average Bonchev–Trinajstić information content (AvgIpc) is 3.14. The van der Waals surface area contributed by atoms with Crippen LogP contribution in [0.15, 0.2) is 54.7 Å². The Morgan fingerprint density at radius 3 is 2.41 bits per heavy atom. The number of hydrogen-bond donors (Lipinski definition) is 0. The van der Waals surface area contributed by atoms with Gasteiger partial charge in [0.05, 0.1) is 24.6 Å². The maximum absolute atomic E-state index is 13.8. The molecule has 0 aliphatic heterocycles. The number of carbonyl (C=O) groups is 1. The van der Waals surface area contributed by atoms with Gasteiger partial charge in [0.25, 0.3) is 5.91 Å². The molecule has 1 aromatic heterocycles. The maximum Gasteiger partial charge on any atom is 0.434 e. The van der Waals surface area contributed by atoms with Gasteiger partial charge in [-0.2, -0.15) is 18.3 Å². The van der Waals surface area contributed by atoms with Crippen molar-refractivity contribution in [1.82, 2.24) is 14.7 Å². The smallest absolute Gasteiger partial charge is 0.434 e. The van der Waals surface area contributed by atoms with Gasteiger partial charge in [0.1, 0.15) is 5.75 Å². The Morgan fingerprint density at radius 2 is 1.79 bits per heavy atom. The SMILES string of the molecule is COc1ccccc1CN(C)C(=O)c1cnn(-c2ccc(C)cc2)c1C(F)(F)F. The zero-order valence-electron chi connectivity index (χ0n) is 16.2. The number of hydrogen-bond acceptors (Lipinski definition) is 3. The van der Waals surface area contributed by atoms with E-state index >= 15 is 0 Å². The number of amides is 1. The minimum atomic E-state index is -4.75. The van der Waals surface area contributed by atoms with E-state index in [1.807, 2.05) is 6.92 Å². The van der Waals surface area contributed by atoms with E-state index in [0.717, 1.165) is 16.4 Å². The highest BCUT2D eigenvalue weighted by atomic mass is 19.4. The largest absolute Gasteiger partial charge is 0.496 e. The molecule has 0 atom stereocenters. The number of ether oxygens (including phenoxy) is 1. The molecule has 5 nitrogen and oxygen atoms in total. The standard InChI is InChI=1S/C21H20F3N3O2/c1-14-8-10-16(11-9-14)27-19(21(22,23)24)17(12-25-27)20(28)26(2)13-15-6-4-5-7-18(15)29-3/h4-12H,13H2,1-3H3. The highest BCUT2D eigenvalue weighted by Crippen LogP contribution is 2.34. The zero-order valence-corrected chi connectivity index (χ0v) is 16.2. The van der Waals surface area contributed by atoms with Crippen molar-refractivity contribution in [1.29, 1.82) is 0 Å². The first-order valence-corrected chi connectivity index (χ1v) is 8.82. The number of halogens is 3. The lowest BCUT2D eigenvalue weighted by atomic mass is 10.1. The van der Waals surface area contributed by atoms with Crippen molar-refractivity contribution >= 4 is 5.91 Å². The van der Waals surface area contributed by atoms with E-state index in [1.54, 1.807) is 36.4 Å². The van der Waals surface area contributed by atoms with Gasteiger partial charge in [-0.25, -0.2) is 4.68 Å². The molecule has 0 N–H and O–H groups in total. The van der Waals surface area contributed by atoms with E-state index in [9.17, 15) is 18.0 Å². The quantitative estimate of drug-likeness (QED) is 0.631. The Morgan fingerprint density at radius 1 is 1.14 bits per heavy atom. The van der Waals surface area contributed by atoms with Crippen LogP contribution in [0.5, 0.6) is 5.75 Å². The lowest BCUT2D eigenvalue weighted by Gasteiger charge is -2.20. The summed E-state index contributed by atoms with van der Waals surface area (Å²) in [5.74, 6) is -0.222. The van der Waals surface area contributed by atoms with Gasteiger partial charge in [-0.05, 0) is 25.1 Å². The number of para-hydroxylation sites is 1. The van der Waals surface area contributed by atoms with Crippen LogP contribution in [0.1, 0.15) is 27.2 Å². The molecule has 3 rings (SSSR count). The predicted molar refractivity (Wildman–Crippen MR) is 102 cm³/mol. The van der Waals surface area contributed by atoms with Gasteiger partial charge in [0, 0.05) is 19.2 Å². The first kappa shape index (κ1) is 20.4. The molecule has 0 saturated heterocycles. The molecule has 152 valence electrons. The zero-order chi connectivity index (χ0) is 21.2. The fourth-order valence-electron chi connectivity index (χ4n) is 3.03. The van der Waals surface area contributed by atoms with Crippen LogP contribution >= 0.6 is 0 Å². The van der Waals surface area contributed by atoms with Crippen LogP contribution in [0.4, 0.5) is 13.2 Å². The van der Waals surface area contributed by atoms with E-state index in [4.69, 9.17) is 4.74 Å². The molecule has 29 heavy (non-hydrogen) atoms. The molecule has 0 bridgehead atoms. The summed E-state index contributed by atoms with van der Waals surface area (Å²) in [7, 11) is 2.94. The highest BCUT2D eigenvalue weighted by Gasteiger charge is 2.41. The van der Waals surface area contributed by atoms with E-state index in [2.05, 4.69) is 5.10 Å². The van der Waals surface area contributed by atoms with Crippen LogP contribution in [0.2, 0.25) is 0 Å². The molecule has 1 amide bonds. The normalized spacial score (nSPS) is 11.4. The van der Waals surface area contributed by atoms with Gasteiger partial charge in [0.2, 0.25) is 0 Å². The van der Waals surface area contributed by atoms with Gasteiger partial charge < -0.3 is 9.64 Å². The Labute approximate surface area is 166 Å². The van der Waals surface area contributed by atoms with Crippen LogP contribution in [0, 0.1) is 6.92 Å². The van der Waals surface area contributed by atoms with Crippen molar-refractivity contribution < 1.29 is 22.7 Å². The topological polar surface area (TPSA) is 47.4 Å². The molecule has 0 unspecified atom stereocenters. The summed E-state index contributed by atoms with van der Waals surface area (Å²) in [6.45, 7) is 1.93. The summed E-state index contributed by atoms with van der Waals surface area (Å²) in [4.78, 5) is 14.1. The highest BCUT2D eigenvalue weighted by molar-refractivity contribution is 5.95. The number of aryl methyl sites for hydroxylation is 1. The number of methoxy groups -OCH3 is 1. The molecular formula is C21H20F3N3O2. The second-order valence-corrected chi connectivity index (χ2v) is 6.63. The first-order valence-electron chi connectivity index (χ1n) is 8.82. The van der Waals surface area contributed by atoms with Crippen LogP contribution in [0.3, 0.4) is 0 Å². The van der Waals surface area contributed by atoms with Crippen molar-refractivity contribution in [2.45, 2.75) is 19.6 Å². The molecule has 0 saturated carbocycles. The summed E-state index contributed by atoms with van der Waals surface area (Å²) in [5, 5.41) is 3.85. The summed E-state index contributed by atoms with van der Waals surface area (Å²) in [5.41, 5.74) is 0.218. The van der Waals surface area contributed by atoms with Gasteiger partial charge in [-0.15, -0.1) is 0 Å². The lowest BCUT2D eigenvalue weighted by molar-refractivity contribution is -0.143. The van der Waals surface area contributed by atoms with Crippen LogP contribution in [-0.4, -0.2) is 34.7 Å². The number of carbonyl (C=O) groups excluding carboxylic acids is 1. The minimum Gasteiger partial charge on any atom is -0.496 e. The number of benzene rings is 2. The van der Waals surface area contributed by atoms with Crippen molar-refractivity contribution in [3.8, 4) is 11.4 Å². The molecule has 0 fully saturated rings. The molecule has 3 aromatic rings. The Bertz CT molecular complexity index is 1010. The van der Waals surface area contributed by atoms with E-state index in [0.29, 0.717) is 11.3 Å². The Kier molecular flexibility index (Phi) is 5.63. The third-order valence-electron chi connectivity index (χ3n) is 4.49. The number of aromatic nitrogens is 2. The van der Waals surface area contributed by atoms with Gasteiger partial charge >= 0.3 is 6.18 Å². The van der Waals surface area contributed by atoms with E-state index in [-0.39, 0.29) is 12.2 Å². The molecule has 0 spiro atoms. The van der Waals surface area contributed by atoms with Gasteiger partial charge in [-0.1, -0.05) is 35.9 Å². The van der Waals surface area contributed by atoms with Crippen LogP contribution in [-0.2, 0) is 12.7 Å². The van der Waals surface area contributed by atoms with E-state index < -0.39 is 23.3 Å². The lowest BCUT2D eigenvalue weighted by Crippen LogP contribution is -2.29. The van der Waals surface area contributed by atoms with Crippen LogP contribution in [0.25, 0.3) is 5.69 Å². The second-order valence-electron chi connectivity index (χ2n) is 6.63. The predicted octanol–water partition coefficient (Wildman–Crippen LogP) is 4.48. The number of nitrogens with zero attached hydrogens (tertiary/aromatic N) is 3. The van der Waals surface area contributed by atoms with Gasteiger partial charge in [0.15, 0.2) is 5.69 Å². The summed E-state index contributed by atoms with van der Waals surface area (Å²) >= 11 is 0.